The van der Waals surface area contributed by atoms with E-state index >= 15 is 0 Å². The molecule has 154 valence electrons. The van der Waals surface area contributed by atoms with E-state index in [-0.39, 0.29) is 17.7 Å². The van der Waals surface area contributed by atoms with Crippen molar-refractivity contribution in [3.63, 3.8) is 0 Å². The number of anilines is 1. The van der Waals surface area contributed by atoms with E-state index in [0.29, 0.717) is 36.0 Å². The third-order valence-corrected chi connectivity index (χ3v) is 4.43. The van der Waals surface area contributed by atoms with Gasteiger partial charge in [-0.15, -0.1) is 0 Å². The number of aryl methyl sites for hydroxylation is 1. The Bertz CT molecular complexity index is 881. The van der Waals surface area contributed by atoms with Crippen LogP contribution in [0.1, 0.15) is 48.8 Å². The van der Waals surface area contributed by atoms with Gasteiger partial charge < -0.3 is 15.0 Å². The molecule has 0 saturated carbocycles. The van der Waals surface area contributed by atoms with Crippen LogP contribution in [-0.2, 0) is 0 Å². The van der Waals surface area contributed by atoms with Crippen LogP contribution < -0.4 is 10.1 Å². The van der Waals surface area contributed by atoms with Crippen LogP contribution in [0.5, 0.6) is 5.75 Å². The normalized spacial score (nSPS) is 17.0. The minimum absolute atomic E-state index is 0.127. The fraction of sp³-hybridized carbons (Fsp3) is 0.364. The molecule has 7 nitrogen and oxygen atoms in total. The number of hydrogen-bond donors (Lipinski definition) is 3. The molecule has 29 heavy (non-hydrogen) atoms. The van der Waals surface area contributed by atoms with Crippen molar-refractivity contribution in [2.45, 2.75) is 34.1 Å². The van der Waals surface area contributed by atoms with Crippen molar-refractivity contribution >= 4 is 23.9 Å². The summed E-state index contributed by atoms with van der Waals surface area (Å²) in [5, 5.41) is 18.8. The molecule has 1 aromatic heterocycles. The van der Waals surface area contributed by atoms with Gasteiger partial charge in [-0.05, 0) is 43.5 Å². The molecule has 1 amide bonds. The van der Waals surface area contributed by atoms with E-state index in [9.17, 15) is 4.79 Å². The number of nitrogens with zero attached hydrogens (tertiary/aromatic N) is 2. The minimum Gasteiger partial charge on any atom is -0.493 e. The topological polar surface area (TPSA) is 102 Å². The largest absolute Gasteiger partial charge is 0.493 e. The van der Waals surface area contributed by atoms with Crippen molar-refractivity contribution in [1.29, 1.82) is 10.8 Å². The Hall–Kier alpha value is -3.22. The quantitative estimate of drug-likeness (QED) is 0.494. The number of benzene rings is 1. The van der Waals surface area contributed by atoms with Gasteiger partial charge in [-0.1, -0.05) is 38.5 Å². The third-order valence-electron chi connectivity index (χ3n) is 4.43. The van der Waals surface area contributed by atoms with Crippen molar-refractivity contribution in [3.8, 4) is 5.75 Å². The average Bonchev–Trinajstić information content (AvgIpc) is 2.73. The number of fused-ring (bicyclic) bond motifs is 3. The first-order chi connectivity index (χ1) is 14.0. The molecule has 3 N–H and O–H groups in total. The van der Waals surface area contributed by atoms with Crippen LogP contribution in [0, 0.1) is 23.7 Å². The first kappa shape index (κ1) is 22.1. The predicted octanol–water partition coefficient (Wildman–Crippen LogP) is 4.32. The number of rotatable bonds is 1. The highest BCUT2D eigenvalue weighted by atomic mass is 16.5. The zero-order valence-corrected chi connectivity index (χ0v) is 17.5. The Balaban J connectivity index is 0.00000145. The highest BCUT2D eigenvalue weighted by Gasteiger charge is 2.19. The molecule has 0 spiro atoms. The maximum atomic E-state index is 12.8. The fourth-order valence-electron chi connectivity index (χ4n) is 2.92. The van der Waals surface area contributed by atoms with Crippen molar-refractivity contribution < 1.29 is 9.53 Å². The molecule has 2 bridgehead atoms. The van der Waals surface area contributed by atoms with Gasteiger partial charge in [0.05, 0.1) is 18.5 Å². The summed E-state index contributed by atoms with van der Waals surface area (Å²) in [6, 6.07) is 10.6. The smallest absolute Gasteiger partial charge is 0.260 e. The molecule has 3 rings (SSSR count). The number of carbonyl (C=O) groups is 1. The standard InChI is InChI=1S/C20H23N5O2.C2H6/c1-13-6-7-17-15(10-13)20(26)24-18-5-3-4-16(23-18)19(22)25(12-21)11-14(2)8-9-27-17;1-2/h3-7,10,12,14,21-22H,8-9,11H2,1-2H3,(H,23,24,26);1-2H3. The van der Waals surface area contributed by atoms with Crippen LogP contribution in [0.2, 0.25) is 0 Å². The summed E-state index contributed by atoms with van der Waals surface area (Å²) in [5.74, 6) is 0.904. The van der Waals surface area contributed by atoms with Gasteiger partial charge in [0.1, 0.15) is 17.3 Å². The maximum Gasteiger partial charge on any atom is 0.260 e. The lowest BCUT2D eigenvalue weighted by molar-refractivity contribution is 0.102. The van der Waals surface area contributed by atoms with Gasteiger partial charge in [0.15, 0.2) is 5.84 Å². The highest BCUT2D eigenvalue weighted by Crippen LogP contribution is 2.23. The maximum absolute atomic E-state index is 12.8. The SMILES string of the molecule is CC.Cc1ccc2c(c1)C(=O)Nc1cccc(n1)C(=N)N(C=N)CC(C)CCO2. The second kappa shape index (κ2) is 10.4. The third kappa shape index (κ3) is 5.63. The molecule has 7 heteroatoms. The van der Waals surface area contributed by atoms with Gasteiger partial charge in [-0.2, -0.15) is 0 Å². The van der Waals surface area contributed by atoms with Crippen LogP contribution in [0.25, 0.3) is 0 Å². The highest BCUT2D eigenvalue weighted by molar-refractivity contribution is 6.06. The first-order valence-corrected chi connectivity index (χ1v) is 9.86. The molecule has 0 fully saturated rings. The lowest BCUT2D eigenvalue weighted by atomic mass is 10.1. The van der Waals surface area contributed by atoms with E-state index in [1.54, 1.807) is 29.2 Å². The molecule has 1 unspecified atom stereocenters. The van der Waals surface area contributed by atoms with Crippen LogP contribution >= 0.6 is 0 Å². The van der Waals surface area contributed by atoms with Crippen molar-refractivity contribution in [3.05, 3.63) is 53.2 Å². The molecule has 1 atom stereocenters. The molecule has 2 heterocycles. The summed E-state index contributed by atoms with van der Waals surface area (Å²) < 4.78 is 5.87. The van der Waals surface area contributed by atoms with Crippen LogP contribution in [0.15, 0.2) is 36.4 Å². The van der Waals surface area contributed by atoms with Gasteiger partial charge in [-0.3, -0.25) is 15.6 Å². The predicted molar refractivity (Wildman–Crippen MR) is 116 cm³/mol. The summed E-state index contributed by atoms with van der Waals surface area (Å²) in [4.78, 5) is 18.7. The van der Waals surface area contributed by atoms with E-state index in [1.807, 2.05) is 39.8 Å². The van der Waals surface area contributed by atoms with E-state index < -0.39 is 0 Å². The Morgan fingerprint density at radius 2 is 2.03 bits per heavy atom. The molecule has 0 aliphatic carbocycles. The number of nitrogens with one attached hydrogen (secondary N) is 3. The first-order valence-electron chi connectivity index (χ1n) is 9.86. The van der Waals surface area contributed by atoms with Crippen molar-refractivity contribution in [2.24, 2.45) is 5.92 Å². The number of pyridine rings is 1. The number of amides is 1. The molecular formula is C22H29N5O2. The molecule has 0 radical (unpaired) electrons. The summed E-state index contributed by atoms with van der Waals surface area (Å²) in [6.45, 7) is 8.94. The van der Waals surface area contributed by atoms with Crippen LogP contribution in [0.3, 0.4) is 0 Å². The number of carbonyl (C=O) groups excluding carboxylic acids is 1. The summed E-state index contributed by atoms with van der Waals surface area (Å²) in [7, 11) is 0. The van der Waals surface area contributed by atoms with Crippen LogP contribution in [-0.4, -0.2) is 41.1 Å². The summed E-state index contributed by atoms with van der Waals surface area (Å²) in [6.07, 6.45) is 1.87. The van der Waals surface area contributed by atoms with Gasteiger partial charge in [0.2, 0.25) is 0 Å². The molecule has 1 aliphatic rings. The van der Waals surface area contributed by atoms with E-state index in [4.69, 9.17) is 15.6 Å². The summed E-state index contributed by atoms with van der Waals surface area (Å²) in [5.41, 5.74) is 1.83. The van der Waals surface area contributed by atoms with Crippen LogP contribution in [0.4, 0.5) is 5.82 Å². The molecule has 2 aromatic rings. The lowest BCUT2D eigenvalue weighted by Crippen LogP contribution is -2.34. The zero-order valence-electron chi connectivity index (χ0n) is 17.5. The number of hydrogen-bond acceptors (Lipinski definition) is 5. The lowest BCUT2D eigenvalue weighted by Gasteiger charge is -2.24. The summed E-state index contributed by atoms with van der Waals surface area (Å²) >= 11 is 0. The Morgan fingerprint density at radius 1 is 1.28 bits per heavy atom. The molecular weight excluding hydrogens is 366 g/mol. The van der Waals surface area contributed by atoms with Crippen molar-refractivity contribution in [1.82, 2.24) is 9.88 Å². The second-order valence-electron chi connectivity index (χ2n) is 6.73. The second-order valence-corrected chi connectivity index (χ2v) is 6.73. The van der Waals surface area contributed by atoms with E-state index in [1.165, 1.54) is 0 Å². The number of ether oxygens (including phenoxy) is 1. The fourth-order valence-corrected chi connectivity index (χ4v) is 2.92. The Labute approximate surface area is 172 Å². The Kier molecular flexibility index (Phi) is 7.88. The average molecular weight is 396 g/mol. The van der Waals surface area contributed by atoms with Gasteiger partial charge in [0.25, 0.3) is 5.91 Å². The van der Waals surface area contributed by atoms with E-state index in [2.05, 4.69) is 10.3 Å². The number of aromatic nitrogens is 1. The van der Waals surface area contributed by atoms with Gasteiger partial charge in [0, 0.05) is 6.54 Å². The van der Waals surface area contributed by atoms with E-state index in [0.717, 1.165) is 18.3 Å². The minimum atomic E-state index is -0.307. The Morgan fingerprint density at radius 3 is 2.76 bits per heavy atom. The van der Waals surface area contributed by atoms with Gasteiger partial charge in [-0.25, -0.2) is 4.98 Å². The zero-order chi connectivity index (χ0) is 21.4. The molecule has 1 aromatic carbocycles. The monoisotopic (exact) mass is 395 g/mol. The van der Waals surface area contributed by atoms with Gasteiger partial charge >= 0.3 is 0 Å². The molecule has 1 aliphatic heterocycles. The molecule has 0 saturated heterocycles. The van der Waals surface area contributed by atoms with Crippen molar-refractivity contribution in [2.75, 3.05) is 18.5 Å². The number of amidine groups is 1.